The molecule has 0 atom stereocenters. The molecule has 2 aromatic carbocycles. The van der Waals surface area contributed by atoms with E-state index < -0.39 is 0 Å². The fraction of sp³-hybridized carbons (Fsp3) is 0.238. The molecule has 1 heterocycles. The number of nitrogens with one attached hydrogen (secondary N) is 1. The van der Waals surface area contributed by atoms with Crippen LogP contribution in [0.1, 0.15) is 16.1 Å². The predicted molar refractivity (Wildman–Crippen MR) is 112 cm³/mol. The van der Waals surface area contributed by atoms with Gasteiger partial charge in [0.1, 0.15) is 5.69 Å². The van der Waals surface area contributed by atoms with Gasteiger partial charge in [-0.3, -0.25) is 9.89 Å². The van der Waals surface area contributed by atoms with Crippen molar-refractivity contribution in [2.24, 2.45) is 0 Å². The summed E-state index contributed by atoms with van der Waals surface area (Å²) in [6.07, 6.45) is 0.705. The van der Waals surface area contributed by atoms with Crippen molar-refractivity contribution >= 4 is 21.8 Å². The van der Waals surface area contributed by atoms with Crippen LogP contribution in [-0.2, 0) is 6.42 Å². The van der Waals surface area contributed by atoms with E-state index in [1.165, 1.54) is 0 Å². The van der Waals surface area contributed by atoms with Gasteiger partial charge in [-0.15, -0.1) is 0 Å². The van der Waals surface area contributed by atoms with E-state index in [1.807, 2.05) is 42.5 Å². The third-order valence-corrected chi connectivity index (χ3v) is 5.01. The highest BCUT2D eigenvalue weighted by Crippen LogP contribution is 2.27. The highest BCUT2D eigenvalue weighted by molar-refractivity contribution is 9.10. The van der Waals surface area contributed by atoms with Crippen molar-refractivity contribution in [2.75, 3.05) is 27.8 Å². The lowest BCUT2D eigenvalue weighted by atomic mass is 10.1. The van der Waals surface area contributed by atoms with Crippen molar-refractivity contribution in [3.05, 3.63) is 64.3 Å². The number of nitrogens with zero attached hydrogens (tertiary/aromatic N) is 2. The number of rotatable bonds is 7. The van der Waals surface area contributed by atoms with Gasteiger partial charge in [0.15, 0.2) is 11.5 Å². The molecule has 0 unspecified atom stereocenters. The highest BCUT2D eigenvalue weighted by Gasteiger charge is 2.16. The second-order valence-corrected chi connectivity index (χ2v) is 7.26. The van der Waals surface area contributed by atoms with Crippen LogP contribution >= 0.6 is 15.9 Å². The maximum Gasteiger partial charge on any atom is 0.271 e. The zero-order valence-corrected chi connectivity index (χ0v) is 17.6. The second kappa shape index (κ2) is 8.93. The number of H-pyrrole nitrogens is 1. The number of ether oxygens (including phenoxy) is 2. The number of carbonyl (C=O) groups is 1. The lowest BCUT2D eigenvalue weighted by molar-refractivity contribution is 0.0791. The third-order valence-electron chi connectivity index (χ3n) is 4.48. The Morgan fingerprint density at radius 1 is 1.07 bits per heavy atom. The van der Waals surface area contributed by atoms with E-state index in [9.17, 15) is 4.79 Å². The Labute approximate surface area is 172 Å². The topological polar surface area (TPSA) is 67.5 Å². The first-order valence-corrected chi connectivity index (χ1v) is 9.59. The van der Waals surface area contributed by atoms with Crippen LogP contribution in [0.25, 0.3) is 11.3 Å². The minimum atomic E-state index is -0.101. The zero-order chi connectivity index (χ0) is 20.1. The molecule has 146 valence electrons. The summed E-state index contributed by atoms with van der Waals surface area (Å²) < 4.78 is 11.6. The average Bonchev–Trinajstić information content (AvgIpc) is 3.21. The van der Waals surface area contributed by atoms with Crippen molar-refractivity contribution in [3.63, 3.8) is 0 Å². The van der Waals surface area contributed by atoms with Crippen LogP contribution in [0, 0.1) is 0 Å². The van der Waals surface area contributed by atoms with Gasteiger partial charge in [0, 0.05) is 23.6 Å². The minimum Gasteiger partial charge on any atom is -0.493 e. The molecule has 6 nitrogen and oxygen atoms in total. The molecule has 28 heavy (non-hydrogen) atoms. The summed E-state index contributed by atoms with van der Waals surface area (Å²) in [5.74, 6) is 1.27. The fourth-order valence-electron chi connectivity index (χ4n) is 2.84. The molecule has 0 saturated heterocycles. The number of carbonyl (C=O) groups excluding carboxylic acids is 1. The normalized spacial score (nSPS) is 10.6. The number of halogens is 1. The number of amides is 1. The monoisotopic (exact) mass is 443 g/mol. The molecule has 3 rings (SSSR count). The molecule has 1 amide bonds. The summed E-state index contributed by atoms with van der Waals surface area (Å²) in [4.78, 5) is 14.4. The smallest absolute Gasteiger partial charge is 0.271 e. The maximum absolute atomic E-state index is 12.7. The third kappa shape index (κ3) is 4.54. The molecule has 0 spiro atoms. The summed E-state index contributed by atoms with van der Waals surface area (Å²) in [5, 5.41) is 7.10. The van der Waals surface area contributed by atoms with E-state index in [4.69, 9.17) is 9.47 Å². The number of aromatic amines is 1. The summed E-state index contributed by atoms with van der Waals surface area (Å²) >= 11 is 3.42. The van der Waals surface area contributed by atoms with Gasteiger partial charge in [-0.2, -0.15) is 5.10 Å². The molecular weight excluding hydrogens is 422 g/mol. The number of hydrogen-bond donors (Lipinski definition) is 1. The molecule has 0 saturated carbocycles. The first-order chi connectivity index (χ1) is 13.5. The molecule has 1 N–H and O–H groups in total. The van der Waals surface area contributed by atoms with E-state index >= 15 is 0 Å². The molecular formula is C21H22BrN3O3. The number of methoxy groups -OCH3 is 2. The Bertz CT molecular complexity index is 954. The number of benzene rings is 2. The molecule has 0 aliphatic rings. The van der Waals surface area contributed by atoms with E-state index in [0.29, 0.717) is 30.2 Å². The van der Waals surface area contributed by atoms with Crippen LogP contribution < -0.4 is 9.47 Å². The van der Waals surface area contributed by atoms with Crippen LogP contribution in [-0.4, -0.2) is 48.8 Å². The van der Waals surface area contributed by atoms with Gasteiger partial charge in [-0.25, -0.2) is 0 Å². The molecule has 0 radical (unpaired) electrons. The Balaban J connectivity index is 1.64. The molecule has 0 aliphatic carbocycles. The van der Waals surface area contributed by atoms with Gasteiger partial charge in [0.25, 0.3) is 5.91 Å². The standard InChI is InChI=1S/C21H22BrN3O3/c1-25(11-10-14-4-9-19(27-2)20(12-14)28-3)21(26)18-13-17(23-24-18)15-5-7-16(22)8-6-15/h4-9,12-13H,10-11H2,1-3H3,(H,23,24). The van der Waals surface area contributed by atoms with Gasteiger partial charge in [0.2, 0.25) is 0 Å². The summed E-state index contributed by atoms with van der Waals surface area (Å²) in [7, 11) is 5.00. The van der Waals surface area contributed by atoms with Crippen molar-refractivity contribution in [1.82, 2.24) is 15.1 Å². The van der Waals surface area contributed by atoms with Gasteiger partial charge in [0.05, 0.1) is 19.9 Å². The van der Waals surface area contributed by atoms with E-state index in [-0.39, 0.29) is 5.91 Å². The van der Waals surface area contributed by atoms with Crippen LogP contribution in [0.5, 0.6) is 11.5 Å². The van der Waals surface area contributed by atoms with Gasteiger partial charge in [-0.1, -0.05) is 34.1 Å². The lowest BCUT2D eigenvalue weighted by Crippen LogP contribution is -2.29. The van der Waals surface area contributed by atoms with Crippen LogP contribution in [0.3, 0.4) is 0 Å². The highest BCUT2D eigenvalue weighted by atomic mass is 79.9. The Morgan fingerprint density at radius 3 is 2.46 bits per heavy atom. The quantitative estimate of drug-likeness (QED) is 0.594. The zero-order valence-electron chi connectivity index (χ0n) is 16.0. The Kier molecular flexibility index (Phi) is 6.36. The van der Waals surface area contributed by atoms with Crippen LogP contribution in [0.4, 0.5) is 0 Å². The fourth-order valence-corrected chi connectivity index (χ4v) is 3.10. The van der Waals surface area contributed by atoms with Crippen molar-refractivity contribution in [2.45, 2.75) is 6.42 Å². The second-order valence-electron chi connectivity index (χ2n) is 6.34. The Hall–Kier alpha value is -2.80. The van der Waals surface area contributed by atoms with Gasteiger partial charge >= 0.3 is 0 Å². The molecule has 0 bridgehead atoms. The van der Waals surface area contributed by atoms with Crippen LogP contribution in [0.2, 0.25) is 0 Å². The van der Waals surface area contributed by atoms with E-state index in [0.717, 1.165) is 21.3 Å². The first-order valence-electron chi connectivity index (χ1n) is 8.79. The minimum absolute atomic E-state index is 0.101. The summed E-state index contributed by atoms with van der Waals surface area (Å²) in [6, 6.07) is 15.3. The summed E-state index contributed by atoms with van der Waals surface area (Å²) in [6.45, 7) is 0.570. The van der Waals surface area contributed by atoms with E-state index in [1.54, 1.807) is 32.2 Å². The molecule has 3 aromatic rings. The number of likely N-dealkylation sites (N-methyl/N-ethyl adjacent to an activating group) is 1. The van der Waals surface area contributed by atoms with Crippen molar-refractivity contribution in [1.29, 1.82) is 0 Å². The molecule has 0 aliphatic heterocycles. The Morgan fingerprint density at radius 2 is 1.79 bits per heavy atom. The van der Waals surface area contributed by atoms with Crippen LogP contribution in [0.15, 0.2) is 53.0 Å². The van der Waals surface area contributed by atoms with Crippen molar-refractivity contribution in [3.8, 4) is 22.8 Å². The molecule has 1 aromatic heterocycles. The maximum atomic E-state index is 12.7. The SMILES string of the molecule is COc1ccc(CCN(C)C(=O)c2cc(-c3ccc(Br)cc3)n[nH]2)cc1OC. The largest absolute Gasteiger partial charge is 0.493 e. The first kappa shape index (κ1) is 19.9. The number of hydrogen-bond acceptors (Lipinski definition) is 4. The molecule has 0 fully saturated rings. The van der Waals surface area contributed by atoms with Gasteiger partial charge in [-0.05, 0) is 42.3 Å². The summed E-state index contributed by atoms with van der Waals surface area (Å²) in [5.41, 5.74) is 3.22. The van der Waals surface area contributed by atoms with Gasteiger partial charge < -0.3 is 14.4 Å². The van der Waals surface area contributed by atoms with Crippen molar-refractivity contribution < 1.29 is 14.3 Å². The average molecular weight is 444 g/mol. The lowest BCUT2D eigenvalue weighted by Gasteiger charge is -2.16. The van der Waals surface area contributed by atoms with E-state index in [2.05, 4.69) is 26.1 Å². The number of aromatic nitrogens is 2. The molecule has 7 heteroatoms. The predicted octanol–water partition coefficient (Wildman–Crippen LogP) is 4.17.